The summed E-state index contributed by atoms with van der Waals surface area (Å²) in [5, 5.41) is 0. The van der Waals surface area contributed by atoms with E-state index in [1.54, 1.807) is 12.3 Å². The molecule has 1 aliphatic heterocycles. The fraction of sp³-hybridized carbons (Fsp3) is 0.471. The van der Waals surface area contributed by atoms with Gasteiger partial charge in [0.05, 0.1) is 10.9 Å². The second kappa shape index (κ2) is 5.98. The number of rotatable bonds is 4. The number of fused-ring (bicyclic) bond motifs is 1. The third-order valence-corrected chi connectivity index (χ3v) is 6.38. The summed E-state index contributed by atoms with van der Waals surface area (Å²) >= 11 is 0. The van der Waals surface area contributed by atoms with E-state index in [0.717, 1.165) is 30.7 Å². The van der Waals surface area contributed by atoms with Crippen LogP contribution >= 0.6 is 0 Å². The molecule has 1 aliphatic carbocycles. The molecule has 0 saturated carbocycles. The zero-order chi connectivity index (χ0) is 16.7. The van der Waals surface area contributed by atoms with Crippen molar-refractivity contribution in [3.63, 3.8) is 0 Å². The lowest BCUT2D eigenvalue weighted by Crippen LogP contribution is -2.37. The zero-order valence-electron chi connectivity index (χ0n) is 13.6. The molecular formula is C17H21N3O3S. The number of hydrogen-bond acceptors (Lipinski definition) is 4. The number of aromatic nitrogens is 2. The van der Waals surface area contributed by atoms with Crippen molar-refractivity contribution in [2.75, 3.05) is 6.61 Å². The maximum absolute atomic E-state index is 12.8. The summed E-state index contributed by atoms with van der Waals surface area (Å²) in [5.41, 5.74) is 2.42. The third-order valence-electron chi connectivity index (χ3n) is 4.89. The Morgan fingerprint density at radius 2 is 2.12 bits per heavy atom. The first-order valence-corrected chi connectivity index (χ1v) is 9.76. The van der Waals surface area contributed by atoms with Crippen LogP contribution in [0, 0.1) is 0 Å². The van der Waals surface area contributed by atoms with Crippen molar-refractivity contribution < 1.29 is 13.2 Å². The smallest absolute Gasteiger partial charge is 0.240 e. The average Bonchev–Trinajstić information content (AvgIpc) is 3.26. The molecule has 0 bridgehead atoms. The minimum atomic E-state index is -3.57. The highest BCUT2D eigenvalue weighted by molar-refractivity contribution is 7.89. The molecule has 7 heteroatoms. The van der Waals surface area contributed by atoms with Crippen molar-refractivity contribution in [1.82, 2.24) is 14.3 Å². The minimum absolute atomic E-state index is 0.302. The molecular weight excluding hydrogens is 326 g/mol. The summed E-state index contributed by atoms with van der Waals surface area (Å²) in [6.07, 6.45) is 6.92. The summed E-state index contributed by atoms with van der Waals surface area (Å²) in [7, 11) is -1.68. The van der Waals surface area contributed by atoms with Gasteiger partial charge in [-0.2, -0.15) is 0 Å². The maximum atomic E-state index is 12.8. The first kappa shape index (κ1) is 15.8. The predicted molar refractivity (Wildman–Crippen MR) is 89.1 cm³/mol. The van der Waals surface area contributed by atoms with E-state index in [0.29, 0.717) is 17.9 Å². The quantitative estimate of drug-likeness (QED) is 0.914. The van der Waals surface area contributed by atoms with Gasteiger partial charge in [0.25, 0.3) is 0 Å². The molecule has 1 aromatic heterocycles. The largest absolute Gasteiger partial charge is 0.369 e. The Balaban J connectivity index is 1.58. The summed E-state index contributed by atoms with van der Waals surface area (Å²) in [6, 6.07) is 5.16. The van der Waals surface area contributed by atoms with Crippen molar-refractivity contribution >= 4 is 10.0 Å². The second-order valence-corrected chi connectivity index (χ2v) is 8.20. The van der Waals surface area contributed by atoms with Gasteiger partial charge in [-0.15, -0.1) is 0 Å². The number of hydrogen-bond donors (Lipinski definition) is 1. The van der Waals surface area contributed by atoms with Crippen molar-refractivity contribution in [2.45, 2.75) is 42.7 Å². The van der Waals surface area contributed by atoms with Crippen LogP contribution in [0.2, 0.25) is 0 Å². The Hall–Kier alpha value is -1.70. The SMILES string of the molecule is Cn1ccnc1[C@H]1OCC[C@@H]1NS(=O)(=O)c1ccc2c(c1)CCC2. The zero-order valence-corrected chi connectivity index (χ0v) is 14.4. The lowest BCUT2D eigenvalue weighted by Gasteiger charge is -2.20. The molecule has 1 saturated heterocycles. The van der Waals surface area contributed by atoms with Crippen LogP contribution in [0.4, 0.5) is 0 Å². The number of imidazole rings is 1. The van der Waals surface area contributed by atoms with Crippen LogP contribution in [0.15, 0.2) is 35.5 Å². The molecule has 2 aliphatic rings. The second-order valence-electron chi connectivity index (χ2n) is 6.49. The fourth-order valence-electron chi connectivity index (χ4n) is 3.60. The number of aryl methyl sites for hydroxylation is 3. The molecule has 1 N–H and O–H groups in total. The minimum Gasteiger partial charge on any atom is -0.369 e. The molecule has 0 unspecified atom stereocenters. The molecule has 4 rings (SSSR count). The Morgan fingerprint density at radius 1 is 1.29 bits per heavy atom. The van der Waals surface area contributed by atoms with Crippen molar-refractivity contribution in [3.05, 3.63) is 47.5 Å². The number of benzene rings is 1. The van der Waals surface area contributed by atoms with Crippen LogP contribution in [0.25, 0.3) is 0 Å². The standard InChI is InChI=1S/C17H21N3O3S/c1-20-9-8-18-17(20)16-15(7-10-23-16)19-24(21,22)14-6-5-12-3-2-4-13(12)11-14/h5-6,8-9,11,15-16,19H,2-4,7,10H2,1H3/t15-,16-/m0/s1. The van der Waals surface area contributed by atoms with E-state index >= 15 is 0 Å². The van der Waals surface area contributed by atoms with E-state index in [-0.39, 0.29) is 12.1 Å². The summed E-state index contributed by atoms with van der Waals surface area (Å²) in [5.74, 6) is 0.745. The van der Waals surface area contributed by atoms with E-state index < -0.39 is 10.0 Å². The van der Waals surface area contributed by atoms with Gasteiger partial charge in [0.15, 0.2) is 0 Å². The lowest BCUT2D eigenvalue weighted by molar-refractivity contribution is 0.0933. The van der Waals surface area contributed by atoms with Crippen LogP contribution in [0.1, 0.15) is 35.9 Å². The van der Waals surface area contributed by atoms with Gasteiger partial charge >= 0.3 is 0 Å². The van der Waals surface area contributed by atoms with E-state index in [1.807, 2.05) is 29.9 Å². The van der Waals surface area contributed by atoms with Gasteiger partial charge in [0.1, 0.15) is 11.9 Å². The Morgan fingerprint density at radius 3 is 2.92 bits per heavy atom. The molecule has 0 radical (unpaired) electrons. The van der Waals surface area contributed by atoms with Crippen LogP contribution in [-0.4, -0.2) is 30.6 Å². The highest BCUT2D eigenvalue weighted by Gasteiger charge is 2.35. The van der Waals surface area contributed by atoms with Crippen LogP contribution < -0.4 is 4.72 Å². The molecule has 2 aromatic rings. The topological polar surface area (TPSA) is 73.2 Å². The van der Waals surface area contributed by atoms with E-state index in [2.05, 4.69) is 9.71 Å². The molecule has 6 nitrogen and oxygen atoms in total. The molecule has 128 valence electrons. The first-order valence-electron chi connectivity index (χ1n) is 8.27. The van der Waals surface area contributed by atoms with E-state index in [4.69, 9.17) is 4.74 Å². The highest BCUT2D eigenvalue weighted by Crippen LogP contribution is 2.30. The highest BCUT2D eigenvalue weighted by atomic mass is 32.2. The number of nitrogens with zero attached hydrogens (tertiary/aromatic N) is 2. The number of nitrogens with one attached hydrogen (secondary N) is 1. The molecule has 0 amide bonds. The molecule has 0 spiro atoms. The van der Waals surface area contributed by atoms with Crippen LogP contribution in [0.5, 0.6) is 0 Å². The Labute approximate surface area is 141 Å². The van der Waals surface area contributed by atoms with Gasteiger partial charge in [-0.3, -0.25) is 0 Å². The van der Waals surface area contributed by atoms with Gasteiger partial charge in [-0.25, -0.2) is 18.1 Å². The first-order chi connectivity index (χ1) is 11.5. The molecule has 24 heavy (non-hydrogen) atoms. The predicted octanol–water partition coefficient (Wildman–Crippen LogP) is 1.72. The average molecular weight is 347 g/mol. The van der Waals surface area contributed by atoms with Gasteiger partial charge in [-0.05, 0) is 48.9 Å². The van der Waals surface area contributed by atoms with Crippen molar-refractivity contribution in [1.29, 1.82) is 0 Å². The van der Waals surface area contributed by atoms with Gasteiger partial charge in [0, 0.05) is 26.0 Å². The summed E-state index contributed by atoms with van der Waals surface area (Å²) < 4.78 is 36.0. The van der Waals surface area contributed by atoms with Gasteiger partial charge in [-0.1, -0.05) is 6.07 Å². The number of sulfonamides is 1. The van der Waals surface area contributed by atoms with Gasteiger partial charge in [0.2, 0.25) is 10.0 Å². The van der Waals surface area contributed by atoms with Crippen molar-refractivity contribution in [2.24, 2.45) is 7.05 Å². The molecule has 2 heterocycles. The Kier molecular flexibility index (Phi) is 3.94. The molecule has 1 fully saturated rings. The van der Waals surface area contributed by atoms with Crippen LogP contribution in [-0.2, 0) is 34.6 Å². The summed E-state index contributed by atoms with van der Waals surface area (Å²) in [4.78, 5) is 4.64. The number of ether oxygens (including phenoxy) is 1. The lowest BCUT2D eigenvalue weighted by atomic mass is 10.1. The van der Waals surface area contributed by atoms with E-state index in [1.165, 1.54) is 5.56 Å². The molecule has 2 atom stereocenters. The van der Waals surface area contributed by atoms with Crippen LogP contribution in [0.3, 0.4) is 0 Å². The maximum Gasteiger partial charge on any atom is 0.240 e. The summed E-state index contributed by atoms with van der Waals surface area (Å²) in [6.45, 7) is 0.523. The monoisotopic (exact) mass is 347 g/mol. The third kappa shape index (κ3) is 2.76. The molecule has 1 aromatic carbocycles. The Bertz CT molecular complexity index is 860. The fourth-order valence-corrected chi connectivity index (χ4v) is 4.92. The normalized spacial score (nSPS) is 23.5. The van der Waals surface area contributed by atoms with Crippen molar-refractivity contribution in [3.8, 4) is 0 Å². The van der Waals surface area contributed by atoms with Gasteiger partial charge < -0.3 is 9.30 Å². The van der Waals surface area contributed by atoms with E-state index in [9.17, 15) is 8.42 Å².